The summed E-state index contributed by atoms with van der Waals surface area (Å²) in [7, 11) is 1.70. The van der Waals surface area contributed by atoms with Crippen molar-refractivity contribution >= 4 is 11.3 Å². The summed E-state index contributed by atoms with van der Waals surface area (Å²) in [5.74, 6) is 0.919. The largest absolute Gasteiger partial charge is 0.497 e. The van der Waals surface area contributed by atoms with Crippen molar-refractivity contribution in [1.82, 2.24) is 10.3 Å². The van der Waals surface area contributed by atoms with Gasteiger partial charge in [-0.2, -0.15) is 0 Å². The number of hydrogen-bond acceptors (Lipinski definition) is 4. The van der Waals surface area contributed by atoms with Gasteiger partial charge in [-0.25, -0.2) is 4.98 Å². The van der Waals surface area contributed by atoms with Gasteiger partial charge in [0, 0.05) is 17.6 Å². The molecule has 18 heavy (non-hydrogen) atoms. The second kappa shape index (κ2) is 6.52. The molecule has 0 amide bonds. The summed E-state index contributed by atoms with van der Waals surface area (Å²) in [5, 5.41) is 6.64. The molecule has 3 nitrogen and oxygen atoms in total. The van der Waals surface area contributed by atoms with Crippen LogP contribution in [0.2, 0.25) is 0 Å². The number of methoxy groups -OCH3 is 1. The Morgan fingerprint density at radius 1 is 1.39 bits per heavy atom. The molecule has 0 unspecified atom stereocenters. The van der Waals surface area contributed by atoms with Crippen LogP contribution in [0.5, 0.6) is 5.75 Å². The van der Waals surface area contributed by atoms with Gasteiger partial charge in [-0.15, -0.1) is 11.3 Å². The first-order valence-electron chi connectivity index (χ1n) is 6.02. The van der Waals surface area contributed by atoms with Crippen molar-refractivity contribution in [2.24, 2.45) is 0 Å². The molecule has 2 aromatic rings. The Kier molecular flexibility index (Phi) is 4.73. The number of aromatic nitrogens is 1. The molecule has 0 aliphatic rings. The average Bonchev–Trinajstić information content (AvgIpc) is 2.81. The van der Waals surface area contributed by atoms with Gasteiger partial charge in [0.1, 0.15) is 10.8 Å². The van der Waals surface area contributed by atoms with Crippen LogP contribution in [0, 0.1) is 6.92 Å². The van der Waals surface area contributed by atoms with Crippen LogP contribution < -0.4 is 10.1 Å². The number of benzene rings is 1. The summed E-state index contributed by atoms with van der Waals surface area (Å²) in [5.41, 5.74) is 2.39. The van der Waals surface area contributed by atoms with E-state index in [1.165, 1.54) is 5.56 Å². The molecule has 0 spiro atoms. The van der Waals surface area contributed by atoms with E-state index in [4.69, 9.17) is 4.74 Å². The van der Waals surface area contributed by atoms with E-state index < -0.39 is 0 Å². The van der Waals surface area contributed by atoms with E-state index in [9.17, 15) is 0 Å². The molecule has 0 fully saturated rings. The van der Waals surface area contributed by atoms with Gasteiger partial charge in [0.2, 0.25) is 0 Å². The molecular formula is C14H18N2OS. The highest BCUT2D eigenvalue weighted by Gasteiger charge is 1.99. The van der Waals surface area contributed by atoms with Gasteiger partial charge in [-0.05, 0) is 37.6 Å². The van der Waals surface area contributed by atoms with Crippen LogP contribution in [0.15, 0.2) is 29.6 Å². The van der Waals surface area contributed by atoms with Crippen molar-refractivity contribution in [1.29, 1.82) is 0 Å². The highest BCUT2D eigenvalue weighted by Crippen LogP contribution is 2.12. The highest BCUT2D eigenvalue weighted by molar-refractivity contribution is 7.09. The predicted molar refractivity (Wildman–Crippen MR) is 75.3 cm³/mol. The molecule has 1 N–H and O–H groups in total. The zero-order valence-electron chi connectivity index (χ0n) is 10.8. The molecule has 0 radical (unpaired) electrons. The van der Waals surface area contributed by atoms with Crippen LogP contribution in [0.1, 0.15) is 16.3 Å². The van der Waals surface area contributed by atoms with Crippen molar-refractivity contribution in [3.05, 3.63) is 45.9 Å². The Hall–Kier alpha value is -1.39. The molecule has 0 aliphatic heterocycles. The summed E-state index contributed by atoms with van der Waals surface area (Å²) in [6.45, 7) is 3.82. The Bertz CT molecular complexity index is 496. The SMILES string of the molecule is COc1cccc(CCNCc2nc(C)cs2)c1. The number of hydrogen-bond donors (Lipinski definition) is 1. The molecule has 0 bridgehead atoms. The van der Waals surface area contributed by atoms with E-state index in [-0.39, 0.29) is 0 Å². The van der Waals surface area contributed by atoms with E-state index in [0.29, 0.717) is 0 Å². The third-order valence-electron chi connectivity index (χ3n) is 2.67. The standard InChI is InChI=1S/C14H18N2OS/c1-11-10-18-14(16-11)9-15-7-6-12-4-3-5-13(8-12)17-2/h3-5,8,10,15H,6-7,9H2,1-2H3. The summed E-state index contributed by atoms with van der Waals surface area (Å²) >= 11 is 1.71. The predicted octanol–water partition coefficient (Wildman–Crippen LogP) is 2.79. The lowest BCUT2D eigenvalue weighted by Gasteiger charge is -2.05. The molecule has 96 valence electrons. The highest BCUT2D eigenvalue weighted by atomic mass is 32.1. The summed E-state index contributed by atoms with van der Waals surface area (Å²) in [4.78, 5) is 4.42. The van der Waals surface area contributed by atoms with Crippen LogP contribution in [0.3, 0.4) is 0 Å². The minimum Gasteiger partial charge on any atom is -0.497 e. The molecule has 0 saturated heterocycles. The Morgan fingerprint density at radius 3 is 3.00 bits per heavy atom. The van der Waals surface area contributed by atoms with E-state index in [0.717, 1.165) is 36.0 Å². The van der Waals surface area contributed by atoms with Gasteiger partial charge in [0.15, 0.2) is 0 Å². The number of thiazole rings is 1. The smallest absolute Gasteiger partial charge is 0.119 e. The molecule has 2 rings (SSSR count). The van der Waals surface area contributed by atoms with Crippen molar-refractivity contribution in [2.45, 2.75) is 19.9 Å². The summed E-state index contributed by atoms with van der Waals surface area (Å²) in [6.07, 6.45) is 1.00. The number of nitrogens with zero attached hydrogens (tertiary/aromatic N) is 1. The fraction of sp³-hybridized carbons (Fsp3) is 0.357. The van der Waals surface area contributed by atoms with Crippen molar-refractivity contribution in [2.75, 3.05) is 13.7 Å². The van der Waals surface area contributed by atoms with E-state index >= 15 is 0 Å². The number of nitrogens with one attached hydrogen (secondary N) is 1. The molecule has 1 aromatic carbocycles. The molecule has 1 heterocycles. The minimum atomic E-state index is 0.850. The second-order valence-corrected chi connectivity index (χ2v) is 5.10. The maximum absolute atomic E-state index is 5.20. The molecule has 4 heteroatoms. The Labute approximate surface area is 112 Å². The van der Waals surface area contributed by atoms with Gasteiger partial charge >= 0.3 is 0 Å². The van der Waals surface area contributed by atoms with Gasteiger partial charge in [0.05, 0.1) is 7.11 Å². The van der Waals surface area contributed by atoms with Crippen LogP contribution in [-0.4, -0.2) is 18.6 Å². The lowest BCUT2D eigenvalue weighted by atomic mass is 10.1. The van der Waals surface area contributed by atoms with E-state index in [1.807, 2.05) is 19.1 Å². The topological polar surface area (TPSA) is 34.1 Å². The van der Waals surface area contributed by atoms with Crippen molar-refractivity contribution in [3.63, 3.8) is 0 Å². The first-order valence-corrected chi connectivity index (χ1v) is 6.90. The first kappa shape index (κ1) is 13.1. The van der Waals surface area contributed by atoms with E-state index in [1.54, 1.807) is 18.4 Å². The zero-order chi connectivity index (χ0) is 12.8. The van der Waals surface area contributed by atoms with Crippen LogP contribution in [0.4, 0.5) is 0 Å². The summed E-state index contributed by atoms with van der Waals surface area (Å²) in [6, 6.07) is 8.20. The van der Waals surface area contributed by atoms with Crippen LogP contribution in [-0.2, 0) is 13.0 Å². The molecule has 0 saturated carbocycles. The van der Waals surface area contributed by atoms with Gasteiger partial charge < -0.3 is 10.1 Å². The first-order chi connectivity index (χ1) is 8.78. The molecule has 0 aliphatic carbocycles. The average molecular weight is 262 g/mol. The Morgan fingerprint density at radius 2 is 2.28 bits per heavy atom. The van der Waals surface area contributed by atoms with Crippen molar-refractivity contribution < 1.29 is 4.74 Å². The monoisotopic (exact) mass is 262 g/mol. The molecular weight excluding hydrogens is 244 g/mol. The van der Waals surface area contributed by atoms with Gasteiger partial charge in [-0.1, -0.05) is 12.1 Å². The van der Waals surface area contributed by atoms with Crippen LogP contribution >= 0.6 is 11.3 Å². The van der Waals surface area contributed by atoms with Crippen LogP contribution in [0.25, 0.3) is 0 Å². The Balaban J connectivity index is 1.74. The molecule has 1 aromatic heterocycles. The lowest BCUT2D eigenvalue weighted by molar-refractivity contribution is 0.414. The van der Waals surface area contributed by atoms with Crippen molar-refractivity contribution in [3.8, 4) is 5.75 Å². The van der Waals surface area contributed by atoms with Gasteiger partial charge in [0.25, 0.3) is 0 Å². The summed E-state index contributed by atoms with van der Waals surface area (Å²) < 4.78 is 5.20. The fourth-order valence-corrected chi connectivity index (χ4v) is 2.48. The van der Waals surface area contributed by atoms with E-state index in [2.05, 4.69) is 27.8 Å². The lowest BCUT2D eigenvalue weighted by Crippen LogP contribution is -2.16. The normalized spacial score (nSPS) is 10.6. The van der Waals surface area contributed by atoms with Gasteiger partial charge in [-0.3, -0.25) is 0 Å². The quantitative estimate of drug-likeness (QED) is 0.813. The third kappa shape index (κ3) is 3.82. The fourth-order valence-electron chi connectivity index (χ4n) is 1.74. The maximum atomic E-state index is 5.20. The maximum Gasteiger partial charge on any atom is 0.119 e. The molecule has 0 atom stereocenters. The number of rotatable bonds is 6. The zero-order valence-corrected chi connectivity index (χ0v) is 11.6. The third-order valence-corrected chi connectivity index (χ3v) is 3.63. The second-order valence-electron chi connectivity index (χ2n) is 4.16. The minimum absolute atomic E-state index is 0.850. The number of ether oxygens (including phenoxy) is 1. The number of aryl methyl sites for hydroxylation is 1.